The van der Waals surface area contributed by atoms with Crippen molar-refractivity contribution in [1.29, 1.82) is 0 Å². The number of likely N-dealkylation sites (tertiary alicyclic amines) is 1. The molecular weight excluding hydrogens is 178 g/mol. The molecule has 4 nitrogen and oxygen atoms in total. The lowest BCUT2D eigenvalue weighted by molar-refractivity contribution is -0.127. The third-order valence-electron chi connectivity index (χ3n) is 3.01. The molecule has 1 amide bonds. The molecule has 0 spiro atoms. The van der Waals surface area contributed by atoms with Gasteiger partial charge in [-0.3, -0.25) is 4.79 Å². The highest BCUT2D eigenvalue weighted by atomic mass is 16.1. The lowest BCUT2D eigenvalue weighted by Gasteiger charge is -2.38. The molecule has 1 saturated heterocycles. The standard InChI is InChI=1S/C10H21N3O/c1-7(2)13-5-4-9(11)8(6-13)10(14)12-3/h7-9H,4-6,11H2,1-3H3,(H,12,14)/t8-,9-/m1/s1. The third-order valence-corrected chi connectivity index (χ3v) is 3.01. The molecule has 4 heteroatoms. The topological polar surface area (TPSA) is 58.4 Å². The molecule has 0 aromatic carbocycles. The molecule has 0 radical (unpaired) electrons. The number of amides is 1. The third kappa shape index (κ3) is 2.45. The van der Waals surface area contributed by atoms with E-state index in [1.54, 1.807) is 7.05 Å². The van der Waals surface area contributed by atoms with Crippen LogP contribution in [0.4, 0.5) is 0 Å². The van der Waals surface area contributed by atoms with Crippen LogP contribution in [0.3, 0.4) is 0 Å². The molecule has 1 rings (SSSR count). The maximum atomic E-state index is 11.5. The van der Waals surface area contributed by atoms with Crippen molar-refractivity contribution in [1.82, 2.24) is 10.2 Å². The van der Waals surface area contributed by atoms with Crippen molar-refractivity contribution < 1.29 is 4.79 Å². The van der Waals surface area contributed by atoms with Gasteiger partial charge in [-0.25, -0.2) is 0 Å². The Hall–Kier alpha value is -0.610. The average Bonchev–Trinajstić information content (AvgIpc) is 2.17. The second-order valence-electron chi connectivity index (χ2n) is 4.26. The first kappa shape index (κ1) is 11.5. The van der Waals surface area contributed by atoms with Crippen LogP contribution >= 0.6 is 0 Å². The van der Waals surface area contributed by atoms with Crippen molar-refractivity contribution in [3.05, 3.63) is 0 Å². The minimum Gasteiger partial charge on any atom is -0.359 e. The number of carbonyl (C=O) groups is 1. The zero-order valence-electron chi connectivity index (χ0n) is 9.29. The molecule has 1 heterocycles. The van der Waals surface area contributed by atoms with Gasteiger partial charge in [-0.05, 0) is 26.8 Å². The average molecular weight is 199 g/mol. The van der Waals surface area contributed by atoms with Crippen LogP contribution in [0.15, 0.2) is 0 Å². The number of nitrogens with one attached hydrogen (secondary N) is 1. The summed E-state index contributed by atoms with van der Waals surface area (Å²) in [5.41, 5.74) is 5.93. The number of piperidine rings is 1. The van der Waals surface area contributed by atoms with E-state index in [0.717, 1.165) is 19.5 Å². The van der Waals surface area contributed by atoms with Gasteiger partial charge < -0.3 is 16.0 Å². The molecule has 1 aliphatic rings. The number of rotatable bonds is 2. The Kier molecular flexibility index (Phi) is 3.89. The number of hydrogen-bond acceptors (Lipinski definition) is 3. The van der Waals surface area contributed by atoms with Gasteiger partial charge in [0.2, 0.25) is 5.91 Å². The zero-order valence-corrected chi connectivity index (χ0v) is 9.29. The van der Waals surface area contributed by atoms with E-state index >= 15 is 0 Å². The van der Waals surface area contributed by atoms with Crippen molar-refractivity contribution in [3.8, 4) is 0 Å². The van der Waals surface area contributed by atoms with Crippen LogP contribution in [0.1, 0.15) is 20.3 Å². The van der Waals surface area contributed by atoms with Crippen LogP contribution < -0.4 is 11.1 Å². The fourth-order valence-electron chi connectivity index (χ4n) is 1.93. The Morgan fingerprint density at radius 3 is 2.71 bits per heavy atom. The summed E-state index contributed by atoms with van der Waals surface area (Å²) in [4.78, 5) is 13.8. The minimum absolute atomic E-state index is 0.0185. The first-order valence-corrected chi connectivity index (χ1v) is 5.27. The lowest BCUT2D eigenvalue weighted by atomic mass is 9.91. The van der Waals surface area contributed by atoms with Gasteiger partial charge in [0.25, 0.3) is 0 Å². The number of carbonyl (C=O) groups excluding carboxylic acids is 1. The van der Waals surface area contributed by atoms with Gasteiger partial charge in [-0.2, -0.15) is 0 Å². The molecule has 82 valence electrons. The summed E-state index contributed by atoms with van der Waals surface area (Å²) in [5, 5.41) is 2.68. The molecule has 14 heavy (non-hydrogen) atoms. The van der Waals surface area contributed by atoms with E-state index in [0.29, 0.717) is 6.04 Å². The highest BCUT2D eigenvalue weighted by Gasteiger charge is 2.32. The Bertz CT molecular complexity index is 206. The highest BCUT2D eigenvalue weighted by Crippen LogP contribution is 2.17. The van der Waals surface area contributed by atoms with Gasteiger partial charge in [-0.1, -0.05) is 0 Å². The van der Waals surface area contributed by atoms with E-state index in [1.165, 1.54) is 0 Å². The molecule has 0 aromatic rings. The Labute approximate surface area is 85.8 Å². The van der Waals surface area contributed by atoms with Crippen LogP contribution in [-0.4, -0.2) is 43.0 Å². The second-order valence-corrected chi connectivity index (χ2v) is 4.26. The molecule has 0 bridgehead atoms. The Morgan fingerprint density at radius 2 is 2.21 bits per heavy atom. The van der Waals surface area contributed by atoms with Crippen LogP contribution in [0.5, 0.6) is 0 Å². The molecule has 1 fully saturated rings. The number of hydrogen-bond donors (Lipinski definition) is 2. The fraction of sp³-hybridized carbons (Fsp3) is 0.900. The van der Waals surface area contributed by atoms with Gasteiger partial charge in [-0.15, -0.1) is 0 Å². The number of nitrogens with zero attached hydrogens (tertiary/aromatic N) is 1. The first-order chi connectivity index (χ1) is 6.56. The normalized spacial score (nSPS) is 29.2. The molecule has 0 aliphatic carbocycles. The SMILES string of the molecule is CNC(=O)[C@@H]1CN(C(C)C)CC[C@H]1N. The van der Waals surface area contributed by atoms with E-state index in [9.17, 15) is 4.79 Å². The summed E-state index contributed by atoms with van der Waals surface area (Å²) in [6, 6.07) is 0.514. The molecule has 0 aromatic heterocycles. The second kappa shape index (κ2) is 4.75. The van der Waals surface area contributed by atoms with Crippen LogP contribution in [0.2, 0.25) is 0 Å². The van der Waals surface area contributed by atoms with E-state index < -0.39 is 0 Å². The van der Waals surface area contributed by atoms with Gasteiger partial charge in [0.1, 0.15) is 0 Å². The fourth-order valence-corrected chi connectivity index (χ4v) is 1.93. The molecular formula is C10H21N3O. The van der Waals surface area contributed by atoms with E-state index in [1.807, 2.05) is 0 Å². The molecule has 3 N–H and O–H groups in total. The van der Waals surface area contributed by atoms with Crippen LogP contribution in [-0.2, 0) is 4.79 Å². The van der Waals surface area contributed by atoms with Crippen LogP contribution in [0.25, 0.3) is 0 Å². The van der Waals surface area contributed by atoms with Gasteiger partial charge >= 0.3 is 0 Å². The summed E-state index contributed by atoms with van der Waals surface area (Å²) in [7, 11) is 1.67. The summed E-state index contributed by atoms with van der Waals surface area (Å²) in [5.74, 6) is 0.0269. The predicted octanol–water partition coefficient (Wildman–Crippen LogP) is -0.210. The Balaban J connectivity index is 2.59. The van der Waals surface area contributed by atoms with Crippen molar-refractivity contribution in [2.24, 2.45) is 11.7 Å². The summed E-state index contributed by atoms with van der Waals surface area (Å²) in [6.07, 6.45) is 0.913. The van der Waals surface area contributed by atoms with E-state index in [2.05, 4.69) is 24.1 Å². The maximum Gasteiger partial charge on any atom is 0.225 e. The van der Waals surface area contributed by atoms with Crippen molar-refractivity contribution in [3.63, 3.8) is 0 Å². The van der Waals surface area contributed by atoms with Gasteiger partial charge in [0.15, 0.2) is 0 Å². The maximum absolute atomic E-state index is 11.5. The number of nitrogens with two attached hydrogens (primary N) is 1. The zero-order chi connectivity index (χ0) is 10.7. The van der Waals surface area contributed by atoms with Crippen LogP contribution in [0, 0.1) is 5.92 Å². The highest BCUT2D eigenvalue weighted by molar-refractivity contribution is 5.79. The van der Waals surface area contributed by atoms with E-state index in [4.69, 9.17) is 5.73 Å². The minimum atomic E-state index is -0.0452. The molecule has 0 saturated carbocycles. The summed E-state index contributed by atoms with van der Waals surface area (Å²) in [6.45, 7) is 6.10. The largest absolute Gasteiger partial charge is 0.359 e. The van der Waals surface area contributed by atoms with Crippen molar-refractivity contribution in [2.75, 3.05) is 20.1 Å². The molecule has 2 atom stereocenters. The van der Waals surface area contributed by atoms with Crippen molar-refractivity contribution >= 4 is 5.91 Å². The Morgan fingerprint density at radius 1 is 1.57 bits per heavy atom. The van der Waals surface area contributed by atoms with Gasteiger partial charge in [0.05, 0.1) is 5.92 Å². The lowest BCUT2D eigenvalue weighted by Crippen LogP contribution is -2.54. The predicted molar refractivity (Wildman–Crippen MR) is 56.9 cm³/mol. The quantitative estimate of drug-likeness (QED) is 0.647. The smallest absolute Gasteiger partial charge is 0.225 e. The summed E-state index contributed by atoms with van der Waals surface area (Å²) < 4.78 is 0. The molecule has 1 aliphatic heterocycles. The van der Waals surface area contributed by atoms with E-state index in [-0.39, 0.29) is 17.9 Å². The molecule has 0 unspecified atom stereocenters. The first-order valence-electron chi connectivity index (χ1n) is 5.27. The van der Waals surface area contributed by atoms with Gasteiger partial charge in [0, 0.05) is 25.7 Å². The monoisotopic (exact) mass is 199 g/mol. The summed E-state index contributed by atoms with van der Waals surface area (Å²) >= 11 is 0. The van der Waals surface area contributed by atoms with Crippen molar-refractivity contribution in [2.45, 2.75) is 32.4 Å².